The molecule has 1 heterocycles. The van der Waals surface area contributed by atoms with Crippen LogP contribution in [-0.2, 0) is 16.6 Å². The summed E-state index contributed by atoms with van der Waals surface area (Å²) >= 11 is 0. The summed E-state index contributed by atoms with van der Waals surface area (Å²) < 4.78 is 12.9. The molecule has 0 radical (unpaired) electrons. The van der Waals surface area contributed by atoms with Crippen molar-refractivity contribution in [3.05, 3.63) is 36.0 Å². The zero-order valence-electron chi connectivity index (χ0n) is 8.77. The van der Waals surface area contributed by atoms with Gasteiger partial charge in [-0.2, -0.15) is 4.73 Å². The van der Waals surface area contributed by atoms with Crippen LogP contribution in [0.15, 0.2) is 30.5 Å². The smallest absolute Gasteiger partial charge is 0.104 e. The van der Waals surface area contributed by atoms with Crippen molar-refractivity contribution in [2.75, 3.05) is 13.4 Å². The molecule has 1 atom stereocenters. The highest BCUT2D eigenvalue weighted by Gasteiger charge is 2.08. The Hall–Kier alpha value is -1.29. The first kappa shape index (κ1) is 10.2. The number of nitrogens with zero attached hydrogens (tertiary/aromatic N) is 1. The fourth-order valence-electron chi connectivity index (χ4n) is 1.70. The average molecular weight is 223 g/mol. The van der Waals surface area contributed by atoms with Gasteiger partial charge in [-0.1, -0.05) is 18.2 Å². The second kappa shape index (κ2) is 4.06. The second-order valence-corrected chi connectivity index (χ2v) is 4.83. The van der Waals surface area contributed by atoms with E-state index in [-0.39, 0.29) is 0 Å². The average Bonchev–Trinajstić information content (AvgIpc) is 2.56. The van der Waals surface area contributed by atoms with E-state index in [1.54, 1.807) is 18.1 Å². The third-order valence-electron chi connectivity index (χ3n) is 2.32. The van der Waals surface area contributed by atoms with Crippen molar-refractivity contribution in [3.8, 4) is 0 Å². The first-order valence-electron chi connectivity index (χ1n) is 4.66. The van der Waals surface area contributed by atoms with Crippen molar-refractivity contribution in [2.24, 2.45) is 0 Å². The summed E-state index contributed by atoms with van der Waals surface area (Å²) in [6.45, 7) is 0. The molecule has 2 rings (SSSR count). The molecule has 0 N–H and O–H groups in total. The molecule has 0 fully saturated rings. The molecule has 0 amide bonds. The monoisotopic (exact) mass is 223 g/mol. The summed E-state index contributed by atoms with van der Waals surface area (Å²) in [7, 11) is 0.794. The highest BCUT2D eigenvalue weighted by atomic mass is 32.2. The van der Waals surface area contributed by atoms with E-state index >= 15 is 0 Å². The lowest BCUT2D eigenvalue weighted by Crippen LogP contribution is -2.02. The van der Waals surface area contributed by atoms with Crippen LogP contribution in [-0.4, -0.2) is 22.3 Å². The Morgan fingerprint density at radius 1 is 1.40 bits per heavy atom. The van der Waals surface area contributed by atoms with Crippen LogP contribution in [0, 0.1) is 0 Å². The lowest BCUT2D eigenvalue weighted by Gasteiger charge is -2.00. The molecule has 2 aromatic rings. The van der Waals surface area contributed by atoms with E-state index < -0.39 is 10.8 Å². The lowest BCUT2D eigenvalue weighted by molar-refractivity contribution is 0.179. The summed E-state index contributed by atoms with van der Waals surface area (Å²) in [4.78, 5) is 5.21. The first-order chi connectivity index (χ1) is 7.22. The second-order valence-electron chi connectivity index (χ2n) is 3.40. The standard InChI is InChI=1S/C11H13NO2S/c1-14-12-7-9(8-15(2)13)10-5-3-4-6-11(10)12/h3-7H,8H2,1-2H3. The maximum absolute atomic E-state index is 11.2. The van der Waals surface area contributed by atoms with Crippen LogP contribution >= 0.6 is 0 Å². The van der Waals surface area contributed by atoms with Gasteiger partial charge in [0.05, 0.1) is 11.3 Å². The van der Waals surface area contributed by atoms with Crippen LogP contribution in [0.3, 0.4) is 0 Å². The highest BCUT2D eigenvalue weighted by Crippen LogP contribution is 2.21. The number of hydrogen-bond donors (Lipinski definition) is 0. The normalized spacial score (nSPS) is 12.9. The zero-order valence-corrected chi connectivity index (χ0v) is 9.58. The van der Waals surface area contributed by atoms with Crippen LogP contribution < -0.4 is 4.84 Å². The van der Waals surface area contributed by atoms with Crippen molar-refractivity contribution in [2.45, 2.75) is 5.75 Å². The van der Waals surface area contributed by atoms with E-state index in [2.05, 4.69) is 0 Å². The molecule has 1 aromatic carbocycles. The van der Waals surface area contributed by atoms with Gasteiger partial charge in [0.1, 0.15) is 7.11 Å². The van der Waals surface area contributed by atoms with E-state index in [1.165, 1.54) is 0 Å². The summed E-state index contributed by atoms with van der Waals surface area (Å²) in [6.07, 6.45) is 3.60. The van der Waals surface area contributed by atoms with Crippen LogP contribution in [0.1, 0.15) is 5.56 Å². The topological polar surface area (TPSA) is 31.2 Å². The van der Waals surface area contributed by atoms with Gasteiger partial charge in [0, 0.05) is 28.6 Å². The van der Waals surface area contributed by atoms with Crippen LogP contribution in [0.25, 0.3) is 10.9 Å². The Bertz CT molecular complexity index is 504. The maximum atomic E-state index is 11.2. The minimum absolute atomic E-state index is 0.566. The first-order valence-corrected chi connectivity index (χ1v) is 6.38. The predicted octanol–water partition coefficient (Wildman–Crippen LogP) is 1.58. The Labute approximate surface area is 91.1 Å². The molecule has 1 unspecified atom stereocenters. The minimum Gasteiger partial charge on any atom is -0.417 e. The summed E-state index contributed by atoms with van der Waals surface area (Å²) in [6, 6.07) is 7.95. The Morgan fingerprint density at radius 3 is 2.80 bits per heavy atom. The Balaban J connectivity index is 2.59. The maximum Gasteiger partial charge on any atom is 0.104 e. The molecule has 0 saturated heterocycles. The Morgan fingerprint density at radius 2 is 2.13 bits per heavy atom. The molecule has 0 saturated carbocycles. The van der Waals surface area contributed by atoms with E-state index in [0.717, 1.165) is 16.5 Å². The molecule has 0 aliphatic carbocycles. The third kappa shape index (κ3) is 1.90. The van der Waals surface area contributed by atoms with Crippen LogP contribution in [0.5, 0.6) is 0 Å². The van der Waals surface area contributed by atoms with Gasteiger partial charge in [0.2, 0.25) is 0 Å². The van der Waals surface area contributed by atoms with Crippen molar-refractivity contribution < 1.29 is 9.05 Å². The highest BCUT2D eigenvalue weighted by molar-refractivity contribution is 7.83. The quantitative estimate of drug-likeness (QED) is 0.791. The van der Waals surface area contributed by atoms with Gasteiger partial charge in [-0.05, 0) is 11.6 Å². The van der Waals surface area contributed by atoms with Gasteiger partial charge in [-0.25, -0.2) is 0 Å². The van der Waals surface area contributed by atoms with Crippen LogP contribution in [0.4, 0.5) is 0 Å². The Kier molecular flexibility index (Phi) is 2.77. The van der Waals surface area contributed by atoms with Crippen LogP contribution in [0.2, 0.25) is 0 Å². The van der Waals surface area contributed by atoms with Gasteiger partial charge in [-0.15, -0.1) is 0 Å². The van der Waals surface area contributed by atoms with Crippen molar-refractivity contribution in [1.29, 1.82) is 0 Å². The van der Waals surface area contributed by atoms with E-state index in [0.29, 0.717) is 5.75 Å². The number of rotatable bonds is 3. The molecule has 3 nitrogen and oxygen atoms in total. The van der Waals surface area contributed by atoms with E-state index in [4.69, 9.17) is 4.84 Å². The van der Waals surface area contributed by atoms with E-state index in [1.807, 2.05) is 30.5 Å². The molecule has 4 heteroatoms. The minimum atomic E-state index is -0.830. The number of para-hydroxylation sites is 1. The summed E-state index contributed by atoms with van der Waals surface area (Å²) in [5.41, 5.74) is 2.08. The number of aromatic nitrogens is 1. The van der Waals surface area contributed by atoms with Gasteiger partial charge in [-0.3, -0.25) is 4.21 Å². The van der Waals surface area contributed by atoms with Gasteiger partial charge < -0.3 is 4.84 Å². The fourth-order valence-corrected chi connectivity index (χ4v) is 2.37. The molecule has 0 bridgehead atoms. The number of fused-ring (bicyclic) bond motifs is 1. The SMILES string of the molecule is COn1cc(CS(C)=O)c2ccccc21. The largest absolute Gasteiger partial charge is 0.417 e. The molecule has 15 heavy (non-hydrogen) atoms. The number of benzene rings is 1. The molecule has 0 aliphatic rings. The van der Waals surface area contributed by atoms with Crippen molar-refractivity contribution in [1.82, 2.24) is 4.73 Å². The molecule has 0 spiro atoms. The lowest BCUT2D eigenvalue weighted by atomic mass is 10.2. The van der Waals surface area contributed by atoms with Crippen molar-refractivity contribution in [3.63, 3.8) is 0 Å². The predicted molar refractivity (Wildman–Crippen MR) is 62.2 cm³/mol. The molecule has 0 aliphatic heterocycles. The van der Waals surface area contributed by atoms with Gasteiger partial charge >= 0.3 is 0 Å². The van der Waals surface area contributed by atoms with Gasteiger partial charge in [0.15, 0.2) is 0 Å². The van der Waals surface area contributed by atoms with Gasteiger partial charge in [0.25, 0.3) is 0 Å². The molecular formula is C11H13NO2S. The van der Waals surface area contributed by atoms with E-state index in [9.17, 15) is 4.21 Å². The van der Waals surface area contributed by atoms with Crippen molar-refractivity contribution >= 4 is 21.7 Å². The number of hydrogen-bond acceptors (Lipinski definition) is 2. The third-order valence-corrected chi connectivity index (χ3v) is 3.03. The molecule has 1 aromatic heterocycles. The fraction of sp³-hybridized carbons (Fsp3) is 0.273. The molecule has 80 valence electrons. The summed E-state index contributed by atoms with van der Waals surface area (Å²) in [5.74, 6) is 0.566. The zero-order chi connectivity index (χ0) is 10.8. The molecular weight excluding hydrogens is 210 g/mol. The summed E-state index contributed by atoms with van der Waals surface area (Å²) in [5, 5.41) is 1.11.